The summed E-state index contributed by atoms with van der Waals surface area (Å²) < 4.78 is 4.86. The first-order valence-electron chi connectivity index (χ1n) is 5.45. The highest BCUT2D eigenvalue weighted by molar-refractivity contribution is 6.02. The molecule has 1 amide bonds. The lowest BCUT2D eigenvalue weighted by Gasteiger charge is -2.01. The normalized spacial score (nSPS) is 10.8. The van der Waals surface area contributed by atoms with Crippen LogP contribution in [0.1, 0.15) is 16.4 Å². The lowest BCUT2D eigenvalue weighted by molar-refractivity contribution is 0.101. The molecule has 3 rings (SSSR count). The number of H-pyrrole nitrogens is 2. The van der Waals surface area contributed by atoms with E-state index in [4.69, 9.17) is 4.42 Å². The number of oxazole rings is 1. The Morgan fingerprint density at radius 1 is 1.42 bits per heavy atom. The van der Waals surface area contributed by atoms with Crippen LogP contribution in [0.5, 0.6) is 0 Å². The molecule has 0 aliphatic rings. The van der Waals surface area contributed by atoms with E-state index in [2.05, 4.69) is 25.5 Å². The highest BCUT2D eigenvalue weighted by Crippen LogP contribution is 2.16. The molecule has 2 heterocycles. The molecule has 1 aromatic carbocycles. The zero-order valence-electron chi connectivity index (χ0n) is 9.85. The molecule has 0 saturated carbocycles. The van der Waals surface area contributed by atoms with E-state index in [0.717, 1.165) is 0 Å². The topological polar surface area (TPSA) is 117 Å². The van der Waals surface area contributed by atoms with Gasteiger partial charge in [0.2, 0.25) is 5.82 Å². The maximum absolute atomic E-state index is 11.8. The number of carbonyl (C=O) groups is 1. The van der Waals surface area contributed by atoms with Crippen molar-refractivity contribution in [3.05, 3.63) is 40.4 Å². The minimum Gasteiger partial charge on any atom is -0.408 e. The van der Waals surface area contributed by atoms with Crippen LogP contribution in [0.25, 0.3) is 11.1 Å². The summed E-state index contributed by atoms with van der Waals surface area (Å²) >= 11 is 0. The highest BCUT2D eigenvalue weighted by Gasteiger charge is 2.12. The van der Waals surface area contributed by atoms with Crippen LogP contribution in [0.3, 0.4) is 0 Å². The number of anilines is 1. The van der Waals surface area contributed by atoms with Crippen LogP contribution >= 0.6 is 0 Å². The summed E-state index contributed by atoms with van der Waals surface area (Å²) in [6.07, 6.45) is 0. The largest absolute Gasteiger partial charge is 0.417 e. The van der Waals surface area contributed by atoms with Gasteiger partial charge in [-0.25, -0.2) is 9.78 Å². The molecule has 19 heavy (non-hydrogen) atoms. The lowest BCUT2D eigenvalue weighted by Crippen LogP contribution is -2.13. The number of aromatic amines is 2. The maximum atomic E-state index is 11.8. The summed E-state index contributed by atoms with van der Waals surface area (Å²) in [5.74, 6) is -0.365. The van der Waals surface area contributed by atoms with Crippen molar-refractivity contribution >= 4 is 22.7 Å². The maximum Gasteiger partial charge on any atom is 0.417 e. The zero-order chi connectivity index (χ0) is 13.4. The number of carbonyl (C=O) groups excluding carboxylic acids is 1. The van der Waals surface area contributed by atoms with Crippen LogP contribution < -0.4 is 11.1 Å². The van der Waals surface area contributed by atoms with Crippen molar-refractivity contribution in [1.29, 1.82) is 0 Å². The van der Waals surface area contributed by atoms with Crippen molar-refractivity contribution in [2.75, 3.05) is 5.32 Å². The van der Waals surface area contributed by atoms with Crippen molar-refractivity contribution in [3.63, 3.8) is 0 Å². The molecule has 8 heteroatoms. The van der Waals surface area contributed by atoms with E-state index in [1.807, 2.05) is 0 Å². The number of amides is 1. The minimum absolute atomic E-state index is 0.0540. The van der Waals surface area contributed by atoms with Crippen molar-refractivity contribution in [1.82, 2.24) is 20.2 Å². The zero-order valence-corrected chi connectivity index (χ0v) is 9.85. The summed E-state index contributed by atoms with van der Waals surface area (Å²) in [4.78, 5) is 29.3. The molecule has 0 saturated heterocycles. The first kappa shape index (κ1) is 11.2. The Morgan fingerprint density at radius 3 is 3.00 bits per heavy atom. The fourth-order valence-electron chi connectivity index (χ4n) is 1.66. The Bertz CT molecular complexity index is 813. The Morgan fingerprint density at radius 2 is 2.26 bits per heavy atom. The van der Waals surface area contributed by atoms with Crippen LogP contribution in [0, 0.1) is 6.92 Å². The van der Waals surface area contributed by atoms with Crippen LogP contribution in [0.4, 0.5) is 5.69 Å². The van der Waals surface area contributed by atoms with Crippen molar-refractivity contribution in [2.24, 2.45) is 0 Å². The SMILES string of the molecule is Cc1nc(C(=O)Nc2ccc3oc(=O)[nH]c3c2)n[nH]1. The third-order valence-corrected chi connectivity index (χ3v) is 2.48. The second kappa shape index (κ2) is 4.09. The molecule has 3 N–H and O–H groups in total. The van der Waals surface area contributed by atoms with Crippen LogP contribution in [-0.2, 0) is 0 Å². The van der Waals surface area contributed by atoms with Gasteiger partial charge in [0.25, 0.3) is 5.91 Å². The molecule has 0 unspecified atom stereocenters. The Kier molecular flexibility index (Phi) is 2.41. The quantitative estimate of drug-likeness (QED) is 0.629. The number of aryl methyl sites for hydroxylation is 1. The fraction of sp³-hybridized carbons (Fsp3) is 0.0909. The molecule has 0 radical (unpaired) electrons. The number of rotatable bonds is 2. The number of fused-ring (bicyclic) bond motifs is 1. The van der Waals surface area contributed by atoms with E-state index >= 15 is 0 Å². The molecular weight excluding hydrogens is 250 g/mol. The van der Waals surface area contributed by atoms with Gasteiger partial charge in [-0.05, 0) is 25.1 Å². The summed E-state index contributed by atoms with van der Waals surface area (Å²) in [6, 6.07) is 4.81. The predicted octanol–water partition coefficient (Wildman–Crippen LogP) is 0.800. The van der Waals surface area contributed by atoms with Gasteiger partial charge in [0.05, 0.1) is 5.52 Å². The minimum atomic E-state index is -0.539. The first-order valence-corrected chi connectivity index (χ1v) is 5.45. The van der Waals surface area contributed by atoms with E-state index in [0.29, 0.717) is 22.6 Å². The summed E-state index contributed by atoms with van der Waals surface area (Å²) in [5, 5.41) is 8.96. The lowest BCUT2D eigenvalue weighted by atomic mass is 10.3. The smallest absolute Gasteiger partial charge is 0.408 e. The molecule has 96 valence electrons. The second-order valence-corrected chi connectivity index (χ2v) is 3.92. The molecule has 0 fully saturated rings. The Hall–Kier alpha value is -2.90. The molecule has 3 aromatic rings. The van der Waals surface area contributed by atoms with Gasteiger partial charge in [-0.1, -0.05) is 0 Å². The third kappa shape index (κ3) is 2.10. The predicted molar refractivity (Wildman–Crippen MR) is 65.9 cm³/mol. The average molecular weight is 259 g/mol. The van der Waals surface area contributed by atoms with Gasteiger partial charge in [0, 0.05) is 5.69 Å². The monoisotopic (exact) mass is 259 g/mol. The molecule has 0 spiro atoms. The Balaban J connectivity index is 1.88. The number of nitrogens with zero attached hydrogens (tertiary/aromatic N) is 2. The summed E-state index contributed by atoms with van der Waals surface area (Å²) in [7, 11) is 0. The summed E-state index contributed by atoms with van der Waals surface area (Å²) in [5.41, 5.74) is 1.45. The summed E-state index contributed by atoms with van der Waals surface area (Å²) in [6.45, 7) is 1.70. The van der Waals surface area contributed by atoms with Gasteiger partial charge in [-0.2, -0.15) is 0 Å². The first-order chi connectivity index (χ1) is 9.11. The molecule has 0 bridgehead atoms. The van der Waals surface area contributed by atoms with Gasteiger partial charge in [0.15, 0.2) is 5.58 Å². The van der Waals surface area contributed by atoms with Gasteiger partial charge in [0.1, 0.15) is 5.82 Å². The van der Waals surface area contributed by atoms with Gasteiger partial charge >= 0.3 is 5.76 Å². The standard InChI is InChI=1S/C11H9N5O3/c1-5-12-9(16-15-5)10(17)13-6-2-3-8-7(4-6)14-11(18)19-8/h2-4H,1H3,(H,13,17)(H,14,18)(H,12,15,16). The van der Waals surface area contributed by atoms with E-state index in [-0.39, 0.29) is 5.82 Å². The third-order valence-electron chi connectivity index (χ3n) is 2.48. The number of nitrogens with one attached hydrogen (secondary N) is 3. The van der Waals surface area contributed by atoms with Crippen molar-refractivity contribution in [2.45, 2.75) is 6.92 Å². The molecule has 0 aliphatic heterocycles. The van der Waals surface area contributed by atoms with Crippen LogP contribution in [-0.4, -0.2) is 26.1 Å². The van der Waals surface area contributed by atoms with Gasteiger partial charge in [-0.15, -0.1) is 5.10 Å². The number of hydrogen-bond acceptors (Lipinski definition) is 5. The van der Waals surface area contributed by atoms with Crippen molar-refractivity contribution in [3.8, 4) is 0 Å². The van der Waals surface area contributed by atoms with Gasteiger partial charge < -0.3 is 9.73 Å². The number of benzene rings is 1. The molecule has 0 atom stereocenters. The van der Waals surface area contributed by atoms with E-state index in [9.17, 15) is 9.59 Å². The number of hydrogen-bond donors (Lipinski definition) is 3. The highest BCUT2D eigenvalue weighted by atomic mass is 16.4. The average Bonchev–Trinajstić information content (AvgIpc) is 2.93. The van der Waals surface area contributed by atoms with Gasteiger partial charge in [-0.3, -0.25) is 14.9 Å². The molecular formula is C11H9N5O3. The van der Waals surface area contributed by atoms with Crippen LogP contribution in [0.2, 0.25) is 0 Å². The Labute approximate surface area is 105 Å². The molecule has 0 aliphatic carbocycles. The van der Waals surface area contributed by atoms with E-state index in [1.165, 1.54) is 0 Å². The number of aromatic nitrogens is 4. The van der Waals surface area contributed by atoms with Crippen LogP contribution in [0.15, 0.2) is 27.4 Å². The molecule has 8 nitrogen and oxygen atoms in total. The van der Waals surface area contributed by atoms with E-state index < -0.39 is 11.7 Å². The second-order valence-electron chi connectivity index (χ2n) is 3.92. The van der Waals surface area contributed by atoms with E-state index in [1.54, 1.807) is 25.1 Å². The van der Waals surface area contributed by atoms with Crippen molar-refractivity contribution < 1.29 is 9.21 Å². The molecule has 2 aromatic heterocycles. The fourth-order valence-corrected chi connectivity index (χ4v) is 1.66.